The van der Waals surface area contributed by atoms with Gasteiger partial charge in [-0.2, -0.15) is 0 Å². The van der Waals surface area contributed by atoms with E-state index in [1.54, 1.807) is 6.07 Å². The number of nitrogens with one attached hydrogen (secondary N) is 1. The molecule has 0 spiro atoms. The van der Waals surface area contributed by atoms with Gasteiger partial charge in [0.25, 0.3) is 0 Å². The van der Waals surface area contributed by atoms with Crippen molar-refractivity contribution in [3.8, 4) is 5.88 Å². The van der Waals surface area contributed by atoms with Gasteiger partial charge >= 0.3 is 0 Å². The highest BCUT2D eigenvalue weighted by Gasteiger charge is 2.45. The highest BCUT2D eigenvalue weighted by molar-refractivity contribution is 5.76. The summed E-state index contributed by atoms with van der Waals surface area (Å²) in [6.07, 6.45) is 3.13. The first-order valence-corrected chi connectivity index (χ1v) is 10.5. The van der Waals surface area contributed by atoms with Gasteiger partial charge in [-0.1, -0.05) is 0 Å². The van der Waals surface area contributed by atoms with Crippen LogP contribution in [0.3, 0.4) is 0 Å². The molecule has 0 saturated heterocycles. The summed E-state index contributed by atoms with van der Waals surface area (Å²) in [5, 5.41) is 2.71. The van der Waals surface area contributed by atoms with Crippen molar-refractivity contribution in [3.05, 3.63) is 35.8 Å². The number of oxazole rings is 1. The van der Waals surface area contributed by atoms with Crippen molar-refractivity contribution >= 4 is 22.6 Å². The summed E-state index contributed by atoms with van der Waals surface area (Å²) in [7, 11) is 0. The molecule has 0 bridgehead atoms. The van der Waals surface area contributed by atoms with Crippen LogP contribution in [0.5, 0.6) is 5.88 Å². The van der Waals surface area contributed by atoms with Crippen LogP contribution in [0.2, 0.25) is 0 Å². The van der Waals surface area contributed by atoms with Crippen LogP contribution in [0.15, 0.2) is 34.3 Å². The lowest BCUT2D eigenvalue weighted by Crippen LogP contribution is -2.37. The standard InChI is InChI=1S/C22H24F3N3O4/c1-12(27-13(2)29)10-31-20-6-19-17(9-26-20)28-21(32-19)15-3-4-18(16(23)5-15)30-11-14-7-22(24,25)8-14/h5-6,9,12,14H,3-4,7-8,10-11H2,1-2H3,(H,27,29)/t12-/m0/s1. The smallest absolute Gasteiger partial charge is 0.248 e. The molecule has 1 fully saturated rings. The van der Waals surface area contributed by atoms with E-state index < -0.39 is 11.7 Å². The highest BCUT2D eigenvalue weighted by Crippen LogP contribution is 2.43. The number of carbonyl (C=O) groups is 1. The number of pyridine rings is 1. The van der Waals surface area contributed by atoms with Gasteiger partial charge in [0, 0.05) is 43.7 Å². The number of ether oxygens (including phenoxy) is 2. The summed E-state index contributed by atoms with van der Waals surface area (Å²) >= 11 is 0. The number of nitrogens with zero attached hydrogens (tertiary/aromatic N) is 2. The van der Waals surface area contributed by atoms with E-state index in [2.05, 4.69) is 15.3 Å². The average Bonchev–Trinajstić information content (AvgIpc) is 3.12. The maximum absolute atomic E-state index is 14.5. The van der Waals surface area contributed by atoms with Gasteiger partial charge < -0.3 is 19.2 Å². The zero-order valence-corrected chi connectivity index (χ0v) is 17.8. The molecule has 1 N–H and O–H groups in total. The molecule has 0 radical (unpaired) electrons. The van der Waals surface area contributed by atoms with Crippen LogP contribution >= 0.6 is 0 Å². The minimum Gasteiger partial charge on any atom is -0.495 e. The maximum Gasteiger partial charge on any atom is 0.248 e. The second kappa shape index (κ2) is 8.84. The minimum atomic E-state index is -2.61. The lowest BCUT2D eigenvalue weighted by atomic mass is 9.82. The van der Waals surface area contributed by atoms with E-state index in [4.69, 9.17) is 13.9 Å². The molecule has 1 saturated carbocycles. The Morgan fingerprint density at radius 3 is 2.81 bits per heavy atom. The van der Waals surface area contributed by atoms with Crippen LogP contribution in [-0.4, -0.2) is 41.1 Å². The van der Waals surface area contributed by atoms with Gasteiger partial charge in [0.1, 0.15) is 17.9 Å². The van der Waals surface area contributed by atoms with Crippen molar-refractivity contribution in [2.45, 2.75) is 51.5 Å². The lowest BCUT2D eigenvalue weighted by molar-refractivity contribution is -0.124. The Balaban J connectivity index is 1.40. The Bertz CT molecular complexity index is 1070. The minimum absolute atomic E-state index is 0.0966. The maximum atomic E-state index is 14.5. The number of aromatic nitrogens is 2. The van der Waals surface area contributed by atoms with Crippen LogP contribution in [0.4, 0.5) is 13.2 Å². The van der Waals surface area contributed by atoms with Crippen LogP contribution in [0, 0.1) is 5.92 Å². The molecule has 172 valence electrons. The van der Waals surface area contributed by atoms with Gasteiger partial charge in [-0.05, 0) is 19.4 Å². The number of fused-ring (bicyclic) bond motifs is 1. The fourth-order valence-corrected chi connectivity index (χ4v) is 3.73. The van der Waals surface area contributed by atoms with Crippen molar-refractivity contribution in [1.82, 2.24) is 15.3 Å². The molecule has 10 heteroatoms. The van der Waals surface area contributed by atoms with E-state index in [-0.39, 0.29) is 55.6 Å². The molecular formula is C22H24F3N3O4. The van der Waals surface area contributed by atoms with E-state index >= 15 is 0 Å². The Kier molecular flexibility index (Phi) is 6.12. The first-order chi connectivity index (χ1) is 15.2. The second-order valence-corrected chi connectivity index (χ2v) is 8.30. The summed E-state index contributed by atoms with van der Waals surface area (Å²) in [5.74, 6) is -2.78. The Morgan fingerprint density at radius 1 is 1.34 bits per heavy atom. The number of halogens is 3. The lowest BCUT2D eigenvalue weighted by Gasteiger charge is -2.34. The molecule has 2 aliphatic rings. The van der Waals surface area contributed by atoms with Gasteiger partial charge in [0.2, 0.25) is 23.6 Å². The third-order valence-electron chi connectivity index (χ3n) is 5.31. The van der Waals surface area contributed by atoms with Crippen molar-refractivity contribution in [3.63, 3.8) is 0 Å². The Labute approximate surface area is 182 Å². The molecule has 0 unspecified atom stereocenters. The number of hydrogen-bond acceptors (Lipinski definition) is 6. The molecule has 0 aliphatic heterocycles. The van der Waals surface area contributed by atoms with E-state index in [0.717, 1.165) is 0 Å². The topological polar surface area (TPSA) is 86.5 Å². The summed E-state index contributed by atoms with van der Waals surface area (Å²) in [6.45, 7) is 3.57. The molecule has 2 aromatic heterocycles. The van der Waals surface area contributed by atoms with Crippen molar-refractivity contribution < 1.29 is 31.9 Å². The number of amides is 1. The van der Waals surface area contributed by atoms with Crippen molar-refractivity contribution in [2.24, 2.45) is 5.92 Å². The normalized spacial score (nSPS) is 19.3. The molecule has 32 heavy (non-hydrogen) atoms. The monoisotopic (exact) mass is 451 g/mol. The summed E-state index contributed by atoms with van der Waals surface area (Å²) < 4.78 is 57.1. The SMILES string of the molecule is CC(=O)N[C@@H](C)COc1cc2oc(C3=CC(F)=C(OCC4CC(F)(F)C4)CC3)nc2cn1. The van der Waals surface area contributed by atoms with Gasteiger partial charge in [-0.25, -0.2) is 23.1 Å². The van der Waals surface area contributed by atoms with Crippen molar-refractivity contribution in [1.29, 1.82) is 0 Å². The van der Waals surface area contributed by atoms with E-state index in [1.165, 1.54) is 19.2 Å². The van der Waals surface area contributed by atoms with Crippen LogP contribution in [0.1, 0.15) is 45.4 Å². The summed E-state index contributed by atoms with van der Waals surface area (Å²) in [6, 6.07) is 1.40. The van der Waals surface area contributed by atoms with E-state index in [1.807, 2.05) is 6.92 Å². The molecule has 1 amide bonds. The first-order valence-electron chi connectivity index (χ1n) is 10.5. The fourth-order valence-electron chi connectivity index (χ4n) is 3.73. The van der Waals surface area contributed by atoms with Crippen LogP contribution in [-0.2, 0) is 9.53 Å². The average molecular weight is 451 g/mol. The van der Waals surface area contributed by atoms with Crippen molar-refractivity contribution in [2.75, 3.05) is 13.2 Å². The quantitative estimate of drug-likeness (QED) is 0.634. The Hall–Kier alpha value is -3.04. The molecule has 4 rings (SSSR count). The molecule has 2 aromatic rings. The predicted molar refractivity (Wildman–Crippen MR) is 110 cm³/mol. The predicted octanol–water partition coefficient (Wildman–Crippen LogP) is 4.55. The molecule has 1 atom stereocenters. The number of carbonyl (C=O) groups excluding carboxylic acids is 1. The third-order valence-corrected chi connectivity index (χ3v) is 5.31. The van der Waals surface area contributed by atoms with Crippen LogP contribution < -0.4 is 10.1 Å². The van der Waals surface area contributed by atoms with Gasteiger partial charge in [-0.15, -0.1) is 0 Å². The number of hydrogen-bond donors (Lipinski definition) is 1. The molecule has 0 aromatic carbocycles. The van der Waals surface area contributed by atoms with Gasteiger partial charge in [0.05, 0.1) is 18.8 Å². The number of allylic oxidation sites excluding steroid dienone is 4. The van der Waals surface area contributed by atoms with Crippen LogP contribution in [0.25, 0.3) is 16.7 Å². The molecular weight excluding hydrogens is 427 g/mol. The Morgan fingerprint density at radius 2 is 2.12 bits per heavy atom. The first kappa shape index (κ1) is 22.2. The molecule has 2 aliphatic carbocycles. The number of alkyl halides is 2. The largest absolute Gasteiger partial charge is 0.495 e. The van der Waals surface area contributed by atoms with Gasteiger partial charge in [-0.3, -0.25) is 4.79 Å². The number of rotatable bonds is 8. The zero-order valence-electron chi connectivity index (χ0n) is 17.8. The third kappa shape index (κ3) is 5.23. The zero-order chi connectivity index (χ0) is 22.9. The second-order valence-electron chi connectivity index (χ2n) is 8.30. The highest BCUT2D eigenvalue weighted by atomic mass is 19.3. The summed E-state index contributed by atoms with van der Waals surface area (Å²) in [4.78, 5) is 19.6. The molecule has 7 nitrogen and oxygen atoms in total. The molecule has 2 heterocycles. The van der Waals surface area contributed by atoms with E-state index in [0.29, 0.717) is 35.4 Å². The summed E-state index contributed by atoms with van der Waals surface area (Å²) in [5.41, 5.74) is 1.51. The fraction of sp³-hybridized carbons (Fsp3) is 0.500. The van der Waals surface area contributed by atoms with Gasteiger partial charge in [0.15, 0.2) is 11.4 Å². The van der Waals surface area contributed by atoms with E-state index in [9.17, 15) is 18.0 Å².